The average Bonchev–Trinajstić information content (AvgIpc) is 2.34. The van der Waals surface area contributed by atoms with Crippen LogP contribution in [0.5, 0.6) is 0 Å². The Labute approximate surface area is 76.8 Å². The molecular formula is C9H10ClNO. The van der Waals surface area contributed by atoms with Crippen molar-refractivity contribution in [3.63, 3.8) is 0 Å². The largest absolute Gasteiger partial charge is 0.464 e. The van der Waals surface area contributed by atoms with Crippen molar-refractivity contribution in [2.75, 3.05) is 5.73 Å². The Kier molecular flexibility index (Phi) is 2.29. The first-order chi connectivity index (χ1) is 5.27. The molecule has 0 aliphatic rings. The molecule has 0 atom stereocenters. The summed E-state index contributed by atoms with van der Waals surface area (Å²) < 4.78 is 5.25. The first kappa shape index (κ1) is 8.94. The number of furan rings is 1. The first-order valence-corrected chi connectivity index (χ1v) is 3.51. The van der Waals surface area contributed by atoms with Crippen molar-refractivity contribution >= 4 is 29.1 Å². The fourth-order valence-electron chi connectivity index (χ4n) is 1.29. The van der Waals surface area contributed by atoms with Crippen LogP contribution in [0.2, 0.25) is 0 Å². The van der Waals surface area contributed by atoms with E-state index < -0.39 is 0 Å². The number of nitrogen functional groups attached to an aromatic ring is 1. The third kappa shape index (κ3) is 1.25. The lowest BCUT2D eigenvalue weighted by Gasteiger charge is -1.96. The third-order valence-electron chi connectivity index (χ3n) is 1.76. The second kappa shape index (κ2) is 3.07. The van der Waals surface area contributed by atoms with Crippen LogP contribution in [0.4, 0.5) is 5.69 Å². The summed E-state index contributed by atoms with van der Waals surface area (Å²) in [5, 5.41) is 1.07. The summed E-state index contributed by atoms with van der Waals surface area (Å²) in [7, 11) is 0. The molecule has 0 spiro atoms. The molecule has 2 rings (SSSR count). The van der Waals surface area contributed by atoms with E-state index in [-0.39, 0.29) is 12.4 Å². The molecule has 64 valence electrons. The lowest BCUT2D eigenvalue weighted by Crippen LogP contribution is -1.84. The second-order valence-corrected chi connectivity index (χ2v) is 2.68. The minimum atomic E-state index is 0. The third-order valence-corrected chi connectivity index (χ3v) is 1.76. The molecule has 12 heavy (non-hydrogen) atoms. The van der Waals surface area contributed by atoms with Crippen molar-refractivity contribution in [1.29, 1.82) is 0 Å². The van der Waals surface area contributed by atoms with E-state index in [1.54, 1.807) is 6.26 Å². The first-order valence-electron chi connectivity index (χ1n) is 3.51. The number of halogens is 1. The number of fused-ring (bicyclic) bond motifs is 1. The predicted molar refractivity (Wildman–Crippen MR) is 52.6 cm³/mol. The van der Waals surface area contributed by atoms with Crippen LogP contribution in [0.25, 0.3) is 11.0 Å². The van der Waals surface area contributed by atoms with Gasteiger partial charge in [-0.2, -0.15) is 0 Å². The molecule has 1 aromatic carbocycles. The highest BCUT2D eigenvalue weighted by Gasteiger charge is 2.00. The van der Waals surface area contributed by atoms with Crippen LogP contribution in [0.1, 0.15) is 5.56 Å². The van der Waals surface area contributed by atoms with Gasteiger partial charge in [-0.15, -0.1) is 12.4 Å². The fourth-order valence-corrected chi connectivity index (χ4v) is 1.29. The van der Waals surface area contributed by atoms with Crippen molar-refractivity contribution in [1.82, 2.24) is 0 Å². The van der Waals surface area contributed by atoms with Gasteiger partial charge in [-0.1, -0.05) is 0 Å². The molecule has 1 heterocycles. The van der Waals surface area contributed by atoms with Gasteiger partial charge in [0.25, 0.3) is 0 Å². The van der Waals surface area contributed by atoms with E-state index in [1.165, 1.54) is 0 Å². The Morgan fingerprint density at radius 3 is 2.83 bits per heavy atom. The van der Waals surface area contributed by atoms with E-state index in [4.69, 9.17) is 10.2 Å². The molecule has 0 unspecified atom stereocenters. The van der Waals surface area contributed by atoms with Gasteiger partial charge in [0.05, 0.1) is 6.26 Å². The summed E-state index contributed by atoms with van der Waals surface area (Å²) in [6, 6.07) is 5.73. The number of hydrogen-bond acceptors (Lipinski definition) is 2. The van der Waals surface area contributed by atoms with Crippen LogP contribution in [0.15, 0.2) is 28.9 Å². The molecule has 2 aromatic rings. The minimum absolute atomic E-state index is 0. The molecule has 0 saturated carbocycles. The maximum atomic E-state index is 5.64. The summed E-state index contributed by atoms with van der Waals surface area (Å²) in [5.41, 5.74) is 8.45. The Morgan fingerprint density at radius 2 is 2.08 bits per heavy atom. The lowest BCUT2D eigenvalue weighted by molar-refractivity contribution is 0.613. The summed E-state index contributed by atoms with van der Waals surface area (Å²) in [6.45, 7) is 1.99. The average molecular weight is 184 g/mol. The molecule has 0 radical (unpaired) electrons. The zero-order valence-electron chi connectivity index (χ0n) is 6.70. The van der Waals surface area contributed by atoms with Crippen LogP contribution in [0, 0.1) is 6.92 Å². The summed E-state index contributed by atoms with van der Waals surface area (Å²) in [6.07, 6.45) is 1.68. The molecule has 0 fully saturated rings. The number of anilines is 1. The van der Waals surface area contributed by atoms with E-state index >= 15 is 0 Å². The van der Waals surface area contributed by atoms with Crippen LogP contribution in [-0.2, 0) is 0 Å². The number of aryl methyl sites for hydroxylation is 1. The Hall–Kier alpha value is -1.15. The van der Waals surface area contributed by atoms with Crippen LogP contribution < -0.4 is 5.73 Å². The van der Waals surface area contributed by atoms with Gasteiger partial charge in [-0.05, 0) is 30.7 Å². The highest BCUT2D eigenvalue weighted by atomic mass is 35.5. The predicted octanol–water partition coefficient (Wildman–Crippen LogP) is 2.75. The van der Waals surface area contributed by atoms with Crippen LogP contribution in [0.3, 0.4) is 0 Å². The van der Waals surface area contributed by atoms with Gasteiger partial charge >= 0.3 is 0 Å². The van der Waals surface area contributed by atoms with E-state index in [0.717, 1.165) is 22.2 Å². The summed E-state index contributed by atoms with van der Waals surface area (Å²) in [5.74, 6) is 0. The molecular weight excluding hydrogens is 174 g/mol. The maximum absolute atomic E-state index is 5.64. The van der Waals surface area contributed by atoms with Gasteiger partial charge in [0.15, 0.2) is 0 Å². The quantitative estimate of drug-likeness (QED) is 0.638. The van der Waals surface area contributed by atoms with Crippen molar-refractivity contribution in [2.45, 2.75) is 6.92 Å². The monoisotopic (exact) mass is 183 g/mol. The van der Waals surface area contributed by atoms with Gasteiger partial charge < -0.3 is 10.2 Å². The molecule has 0 bridgehead atoms. The topological polar surface area (TPSA) is 39.2 Å². The van der Waals surface area contributed by atoms with Gasteiger partial charge in [0, 0.05) is 11.1 Å². The minimum Gasteiger partial charge on any atom is -0.464 e. The fraction of sp³-hybridized carbons (Fsp3) is 0.111. The highest BCUT2D eigenvalue weighted by Crippen LogP contribution is 2.22. The normalized spacial score (nSPS) is 9.75. The molecule has 0 aliphatic carbocycles. The number of nitrogens with two attached hydrogens (primary N) is 1. The summed E-state index contributed by atoms with van der Waals surface area (Å²) in [4.78, 5) is 0. The van der Waals surface area contributed by atoms with Crippen molar-refractivity contribution in [3.05, 3.63) is 30.0 Å². The SMILES string of the molecule is Cc1cc(N)cc2ccoc12.Cl. The Bertz CT molecular complexity index is 394. The number of hydrogen-bond donors (Lipinski definition) is 1. The van der Waals surface area contributed by atoms with Crippen molar-refractivity contribution in [2.24, 2.45) is 0 Å². The molecule has 0 aliphatic heterocycles. The lowest BCUT2D eigenvalue weighted by atomic mass is 10.1. The van der Waals surface area contributed by atoms with Crippen molar-refractivity contribution in [3.8, 4) is 0 Å². The van der Waals surface area contributed by atoms with Crippen LogP contribution in [-0.4, -0.2) is 0 Å². The standard InChI is InChI=1S/C9H9NO.ClH/c1-6-4-8(10)5-7-2-3-11-9(6)7;/h2-5H,10H2,1H3;1H. The van der Waals surface area contributed by atoms with E-state index in [0.29, 0.717) is 0 Å². The zero-order chi connectivity index (χ0) is 7.84. The Morgan fingerprint density at radius 1 is 1.33 bits per heavy atom. The molecule has 2 N–H and O–H groups in total. The van der Waals surface area contributed by atoms with E-state index in [2.05, 4.69) is 0 Å². The van der Waals surface area contributed by atoms with E-state index in [9.17, 15) is 0 Å². The molecule has 1 aromatic heterocycles. The zero-order valence-corrected chi connectivity index (χ0v) is 7.52. The second-order valence-electron chi connectivity index (χ2n) is 2.68. The molecule has 0 saturated heterocycles. The van der Waals surface area contributed by atoms with Crippen LogP contribution >= 0.6 is 12.4 Å². The maximum Gasteiger partial charge on any atom is 0.136 e. The number of rotatable bonds is 0. The molecule has 2 nitrogen and oxygen atoms in total. The van der Waals surface area contributed by atoms with E-state index in [1.807, 2.05) is 25.1 Å². The summed E-state index contributed by atoms with van der Waals surface area (Å²) >= 11 is 0. The Balaban J connectivity index is 0.000000720. The van der Waals surface area contributed by atoms with Crippen molar-refractivity contribution < 1.29 is 4.42 Å². The van der Waals surface area contributed by atoms with Gasteiger partial charge in [0.1, 0.15) is 5.58 Å². The highest BCUT2D eigenvalue weighted by molar-refractivity contribution is 5.85. The van der Waals surface area contributed by atoms with Gasteiger partial charge in [-0.3, -0.25) is 0 Å². The number of benzene rings is 1. The molecule has 0 amide bonds. The smallest absolute Gasteiger partial charge is 0.136 e. The van der Waals surface area contributed by atoms with Gasteiger partial charge in [0.2, 0.25) is 0 Å². The molecule has 3 heteroatoms. The van der Waals surface area contributed by atoms with Gasteiger partial charge in [-0.25, -0.2) is 0 Å².